The lowest BCUT2D eigenvalue weighted by Crippen LogP contribution is -2.52. The van der Waals surface area contributed by atoms with Crippen LogP contribution in [-0.2, 0) is 20.7 Å². The second-order valence-electron chi connectivity index (χ2n) is 9.20. The summed E-state index contributed by atoms with van der Waals surface area (Å²) in [5.74, 6) is -2.75. The fourth-order valence-corrected chi connectivity index (χ4v) is 4.33. The molecule has 2 heterocycles. The highest BCUT2D eigenvalue weighted by molar-refractivity contribution is 6.37. The van der Waals surface area contributed by atoms with Crippen molar-refractivity contribution < 1.29 is 39.7 Å². The minimum atomic E-state index is -3.23. The van der Waals surface area contributed by atoms with Crippen molar-refractivity contribution in [2.45, 2.75) is 19.4 Å². The number of benzene rings is 3. The van der Waals surface area contributed by atoms with Crippen LogP contribution < -0.4 is 10.2 Å². The van der Waals surface area contributed by atoms with Gasteiger partial charge in [0.05, 0.1) is 31.6 Å². The average Bonchev–Trinajstić information content (AvgIpc) is 3.44. The first kappa shape index (κ1) is 15.1. The van der Waals surface area contributed by atoms with Crippen molar-refractivity contribution in [2.75, 3.05) is 57.4 Å². The molecule has 0 radical (unpaired) electrons. The Hall–Kier alpha value is -4.27. The Balaban J connectivity index is 1.60. The molecule has 212 valence electrons. The summed E-state index contributed by atoms with van der Waals surface area (Å²) in [5, 5.41) is 2.63. The van der Waals surface area contributed by atoms with Crippen LogP contribution in [0.4, 0.5) is 11.4 Å². The lowest BCUT2D eigenvalue weighted by Gasteiger charge is -2.37. The van der Waals surface area contributed by atoms with Crippen LogP contribution in [0.3, 0.4) is 0 Å². The number of carbonyl (C=O) groups excluding carboxylic acids is 3. The number of esters is 1. The fraction of sp³-hybridized carbons (Fsp3) is 0.303. The number of methoxy groups -OCH3 is 1. The van der Waals surface area contributed by atoms with E-state index in [1.54, 1.807) is 0 Å². The van der Waals surface area contributed by atoms with Gasteiger partial charge in [0, 0.05) is 63.1 Å². The third kappa shape index (κ3) is 6.09. The maximum Gasteiger partial charge on any atom is 0.337 e. The number of carbonyl (C=O) groups is 3. The van der Waals surface area contributed by atoms with Gasteiger partial charge in [0.25, 0.3) is 5.91 Å². The number of amides is 2. The predicted molar refractivity (Wildman–Crippen MR) is 162 cm³/mol. The summed E-state index contributed by atoms with van der Waals surface area (Å²) in [6.07, 6.45) is -0.282. The van der Waals surface area contributed by atoms with E-state index in [-0.39, 0.29) is 50.5 Å². The minimum absolute atomic E-state index is 0.0205. The van der Waals surface area contributed by atoms with Crippen molar-refractivity contribution in [3.63, 3.8) is 0 Å². The second-order valence-corrected chi connectivity index (χ2v) is 9.20. The zero-order chi connectivity index (χ0) is 42.2. The van der Waals surface area contributed by atoms with E-state index in [2.05, 4.69) is 5.32 Å². The minimum Gasteiger partial charge on any atom is -0.465 e. The predicted octanol–water partition coefficient (Wildman–Crippen LogP) is 4.18. The lowest BCUT2D eigenvalue weighted by atomic mass is 9.90. The Morgan fingerprint density at radius 3 is 2.61 bits per heavy atom. The Morgan fingerprint density at radius 2 is 1.90 bits per heavy atom. The van der Waals surface area contributed by atoms with Gasteiger partial charge in [0.15, 0.2) is 0 Å². The zero-order valence-electron chi connectivity index (χ0n) is 37.4. The van der Waals surface area contributed by atoms with E-state index in [1.807, 2.05) is 0 Å². The van der Waals surface area contributed by atoms with Gasteiger partial charge in [-0.15, -0.1) is 0 Å². The molecular weight excluding hydrogens is 516 g/mol. The summed E-state index contributed by atoms with van der Waals surface area (Å²) in [5.41, 5.74) is 0.174. The van der Waals surface area contributed by atoms with E-state index < -0.39 is 87.0 Å². The number of piperazine rings is 1. The largest absolute Gasteiger partial charge is 0.465 e. The van der Waals surface area contributed by atoms with Gasteiger partial charge >= 0.3 is 5.97 Å². The number of hydrogen-bond donors (Lipinski definition) is 1. The average molecular weight is 568 g/mol. The number of fused-ring (bicyclic) bond motifs is 1. The van der Waals surface area contributed by atoms with Crippen LogP contribution in [0.5, 0.6) is 0 Å². The van der Waals surface area contributed by atoms with E-state index in [0.29, 0.717) is 15.4 Å². The number of anilines is 2. The van der Waals surface area contributed by atoms with E-state index in [0.717, 1.165) is 14.0 Å². The number of allylic oxidation sites excluding steroid dienone is 1. The van der Waals surface area contributed by atoms with Crippen molar-refractivity contribution in [3.8, 4) is 0 Å². The van der Waals surface area contributed by atoms with Crippen LogP contribution in [0.15, 0.2) is 72.7 Å². The molecule has 1 fully saturated rings. The van der Waals surface area contributed by atoms with Crippen molar-refractivity contribution in [1.29, 1.82) is 0 Å². The third-order valence-electron chi connectivity index (χ3n) is 6.56. The highest BCUT2D eigenvalue weighted by atomic mass is 16.5. The third-order valence-corrected chi connectivity index (χ3v) is 6.56. The second kappa shape index (κ2) is 12.1. The number of ether oxygens (including phenoxy) is 1. The maximum absolute atomic E-state index is 13.8. The molecule has 2 aliphatic heterocycles. The summed E-state index contributed by atoms with van der Waals surface area (Å²) in [4.78, 5) is 40.6. The summed E-state index contributed by atoms with van der Waals surface area (Å²) >= 11 is 0. The molecule has 0 aromatic heterocycles. The first-order valence-electron chi connectivity index (χ1n) is 19.9. The van der Waals surface area contributed by atoms with Gasteiger partial charge in [-0.25, -0.2) is 4.79 Å². The standard InChI is InChI=1S/C33H36N4O4/c1-22-20-37(17-16-35(22)2)21-30(38)36(3)26-13-10-23(11-14-26)18-28(24-8-6-5-7-9-24)31-27-15-12-25(33(40)41-4)19-29(27)34-32(31)39/h5-15,19,22H,16-18,20-21H2,1-4H3,(H,34,39)/b31-28+/i3D3,5D,6D,7D,8D,9D,16D2,17D2,20D2,22D. The molecule has 0 spiro atoms. The topological polar surface area (TPSA) is 82.2 Å². The van der Waals surface area contributed by atoms with Crippen LogP contribution in [0.2, 0.25) is 0 Å². The smallest absolute Gasteiger partial charge is 0.337 e. The summed E-state index contributed by atoms with van der Waals surface area (Å²) < 4.78 is 131. The van der Waals surface area contributed by atoms with E-state index in [4.69, 9.17) is 25.3 Å². The number of rotatable bonds is 7. The van der Waals surface area contributed by atoms with E-state index in [9.17, 15) is 14.4 Å². The van der Waals surface area contributed by atoms with Gasteiger partial charge in [0.2, 0.25) is 5.91 Å². The van der Waals surface area contributed by atoms with E-state index in [1.165, 1.54) is 49.6 Å². The molecule has 1 atom stereocenters. The van der Waals surface area contributed by atoms with Crippen LogP contribution in [0.25, 0.3) is 11.1 Å². The SMILES string of the molecule is [2H]c1c([2H])c([2H])c(/C(Cc2ccc(N(C(=O)CN3C([2H])([2H])C([2H])([2H])N(C)C([2H])(C)C3([2H])[2H])C([2H])([2H])[2H])cc2)=C2/C(=O)Nc3cc(C(=O)OC)ccc32)c([2H])c1[2H]. The van der Waals surface area contributed by atoms with Crippen LogP contribution >= 0.6 is 0 Å². The molecule has 2 amide bonds. The highest BCUT2D eigenvalue weighted by Gasteiger charge is 2.29. The highest BCUT2D eigenvalue weighted by Crippen LogP contribution is 2.39. The molecule has 41 heavy (non-hydrogen) atoms. The summed E-state index contributed by atoms with van der Waals surface area (Å²) in [6.45, 7) is -12.8. The molecule has 2 aliphatic rings. The van der Waals surface area contributed by atoms with Gasteiger partial charge in [0.1, 0.15) is 0 Å². The molecule has 0 saturated carbocycles. The van der Waals surface area contributed by atoms with Crippen LogP contribution in [0, 0.1) is 0 Å². The van der Waals surface area contributed by atoms with Gasteiger partial charge in [-0.1, -0.05) is 48.4 Å². The molecule has 1 saturated heterocycles. The van der Waals surface area contributed by atoms with Gasteiger partial charge in [-0.2, -0.15) is 0 Å². The van der Waals surface area contributed by atoms with Crippen molar-refractivity contribution in [1.82, 2.24) is 9.80 Å². The van der Waals surface area contributed by atoms with Crippen molar-refractivity contribution >= 4 is 40.3 Å². The molecule has 3 aromatic carbocycles. The Kier molecular flexibility index (Phi) is 4.45. The maximum atomic E-state index is 13.8. The first-order chi connectivity index (χ1) is 25.6. The normalized spacial score (nSPS) is 29.5. The van der Waals surface area contributed by atoms with Crippen LogP contribution in [-0.4, -0.2) is 80.8 Å². The quantitative estimate of drug-likeness (QED) is 0.341. The molecule has 3 aromatic rings. The monoisotopic (exact) mass is 567 g/mol. The van der Waals surface area contributed by atoms with E-state index >= 15 is 0 Å². The van der Waals surface area contributed by atoms with Crippen molar-refractivity contribution in [3.05, 3.63) is 94.9 Å². The van der Waals surface area contributed by atoms with Gasteiger partial charge < -0.3 is 19.9 Å². The number of nitrogens with zero attached hydrogens (tertiary/aromatic N) is 3. The van der Waals surface area contributed by atoms with Gasteiger partial charge in [-0.05, 0) is 61.4 Å². The van der Waals surface area contributed by atoms with Crippen LogP contribution in [0.1, 0.15) is 54.5 Å². The first-order valence-corrected chi connectivity index (χ1v) is 12.4. The molecule has 8 heteroatoms. The summed E-state index contributed by atoms with van der Waals surface area (Å²) in [6, 6.07) is 3.57. The molecule has 1 unspecified atom stereocenters. The number of nitrogens with one attached hydrogen (secondary N) is 1. The molecule has 8 nitrogen and oxygen atoms in total. The zero-order valence-corrected chi connectivity index (χ0v) is 22.4. The Morgan fingerprint density at radius 1 is 1.15 bits per heavy atom. The fourth-order valence-electron chi connectivity index (χ4n) is 4.33. The molecule has 0 bridgehead atoms. The molecular formula is C33H36N4O4. The molecule has 5 rings (SSSR count). The molecule has 1 N–H and O–H groups in total. The Bertz CT molecular complexity index is 2110. The Labute approximate surface area is 262 Å². The summed E-state index contributed by atoms with van der Waals surface area (Å²) in [7, 11) is 2.20. The number of likely N-dealkylation sites (N-methyl/N-ethyl adjacent to an activating group) is 2. The van der Waals surface area contributed by atoms with Gasteiger partial charge in [-0.3, -0.25) is 14.5 Å². The molecule has 0 aliphatic carbocycles. The van der Waals surface area contributed by atoms with Crippen molar-refractivity contribution in [2.24, 2.45) is 0 Å². The number of hydrogen-bond acceptors (Lipinski definition) is 6. The lowest BCUT2D eigenvalue weighted by molar-refractivity contribution is -0.120.